The topological polar surface area (TPSA) is 32.3 Å². The second kappa shape index (κ2) is 8.13. The maximum Gasteiger partial charge on any atom is 0.163 e. The van der Waals surface area contributed by atoms with E-state index < -0.39 is 0 Å². The highest BCUT2D eigenvalue weighted by Crippen LogP contribution is 2.26. The van der Waals surface area contributed by atoms with Crippen LogP contribution in [0.4, 0.5) is 11.6 Å². The molecule has 1 aliphatic heterocycles. The van der Waals surface area contributed by atoms with E-state index in [-0.39, 0.29) is 0 Å². The van der Waals surface area contributed by atoms with Gasteiger partial charge < -0.3 is 9.80 Å². The summed E-state index contributed by atoms with van der Waals surface area (Å²) < 4.78 is 0. The first-order chi connectivity index (χ1) is 11.8. The standard InChI is InChI=1S/C20H28N4/c1-3-4-13-23(2)18-16-19(24-14-9-6-10-15-24)22-20(21-18)17-11-7-5-8-12-17/h5,7-8,11-12,16H,3-4,6,9-10,13-15H2,1-2H3. The molecule has 128 valence electrons. The van der Waals surface area contributed by atoms with Crippen molar-refractivity contribution in [3.8, 4) is 11.4 Å². The van der Waals surface area contributed by atoms with E-state index in [0.29, 0.717) is 0 Å². The number of hydrogen-bond donors (Lipinski definition) is 0. The molecule has 2 heterocycles. The molecule has 0 atom stereocenters. The Morgan fingerprint density at radius 1 is 1.04 bits per heavy atom. The molecule has 0 N–H and O–H groups in total. The minimum atomic E-state index is 0.831. The summed E-state index contributed by atoms with van der Waals surface area (Å²) in [6.45, 7) is 5.45. The number of unbranched alkanes of at least 4 members (excludes halogenated alkanes) is 1. The van der Waals surface area contributed by atoms with Crippen molar-refractivity contribution in [2.24, 2.45) is 0 Å². The van der Waals surface area contributed by atoms with Crippen LogP contribution >= 0.6 is 0 Å². The van der Waals surface area contributed by atoms with Crippen LogP contribution in [0.1, 0.15) is 39.0 Å². The fourth-order valence-corrected chi connectivity index (χ4v) is 3.13. The number of benzene rings is 1. The van der Waals surface area contributed by atoms with Crippen molar-refractivity contribution in [2.45, 2.75) is 39.0 Å². The van der Waals surface area contributed by atoms with Crippen molar-refractivity contribution in [3.63, 3.8) is 0 Å². The predicted molar refractivity (Wildman–Crippen MR) is 102 cm³/mol. The molecular weight excluding hydrogens is 296 g/mol. The van der Waals surface area contributed by atoms with E-state index in [1.165, 1.54) is 32.1 Å². The molecule has 4 nitrogen and oxygen atoms in total. The molecule has 1 aliphatic rings. The van der Waals surface area contributed by atoms with E-state index in [9.17, 15) is 0 Å². The summed E-state index contributed by atoms with van der Waals surface area (Å²) in [7, 11) is 2.13. The summed E-state index contributed by atoms with van der Waals surface area (Å²) in [5, 5.41) is 0. The molecule has 0 amide bonds. The number of piperidine rings is 1. The SMILES string of the molecule is CCCCN(C)c1cc(N2CCCCC2)nc(-c2ccccc2)n1. The van der Waals surface area contributed by atoms with Gasteiger partial charge in [0.05, 0.1) is 0 Å². The average molecular weight is 324 g/mol. The largest absolute Gasteiger partial charge is 0.359 e. The second-order valence-electron chi connectivity index (χ2n) is 6.60. The van der Waals surface area contributed by atoms with Gasteiger partial charge in [-0.1, -0.05) is 43.7 Å². The molecule has 0 aliphatic carbocycles. The molecule has 0 unspecified atom stereocenters. The van der Waals surface area contributed by atoms with Gasteiger partial charge in [0.15, 0.2) is 5.82 Å². The first-order valence-electron chi connectivity index (χ1n) is 9.18. The van der Waals surface area contributed by atoms with Crippen LogP contribution in [0.3, 0.4) is 0 Å². The lowest BCUT2D eigenvalue weighted by Crippen LogP contribution is -2.31. The van der Waals surface area contributed by atoms with Gasteiger partial charge in [0.1, 0.15) is 11.6 Å². The van der Waals surface area contributed by atoms with Crippen molar-refractivity contribution in [3.05, 3.63) is 36.4 Å². The molecule has 2 aromatic rings. The lowest BCUT2D eigenvalue weighted by atomic mass is 10.1. The van der Waals surface area contributed by atoms with Gasteiger partial charge in [-0.05, 0) is 25.7 Å². The first kappa shape index (κ1) is 16.7. The third kappa shape index (κ3) is 4.05. The summed E-state index contributed by atoms with van der Waals surface area (Å²) >= 11 is 0. The number of rotatable bonds is 6. The summed E-state index contributed by atoms with van der Waals surface area (Å²) in [6, 6.07) is 12.5. The van der Waals surface area contributed by atoms with E-state index in [1.807, 2.05) is 18.2 Å². The summed E-state index contributed by atoms with van der Waals surface area (Å²) in [5.74, 6) is 2.93. The first-order valence-corrected chi connectivity index (χ1v) is 9.18. The average Bonchev–Trinajstić information content (AvgIpc) is 2.67. The highest BCUT2D eigenvalue weighted by molar-refractivity contribution is 5.62. The second-order valence-corrected chi connectivity index (χ2v) is 6.60. The molecule has 0 saturated carbocycles. The molecule has 1 aromatic carbocycles. The number of hydrogen-bond acceptors (Lipinski definition) is 4. The van der Waals surface area contributed by atoms with Crippen LogP contribution in [0, 0.1) is 0 Å². The molecule has 3 rings (SSSR count). The molecule has 0 bridgehead atoms. The van der Waals surface area contributed by atoms with Crippen molar-refractivity contribution in [2.75, 3.05) is 36.5 Å². The van der Waals surface area contributed by atoms with Crippen LogP contribution < -0.4 is 9.80 Å². The van der Waals surface area contributed by atoms with E-state index in [2.05, 4.69) is 42.0 Å². The highest BCUT2D eigenvalue weighted by atomic mass is 15.2. The Bertz CT molecular complexity index is 635. The zero-order valence-electron chi connectivity index (χ0n) is 14.9. The molecule has 0 radical (unpaired) electrons. The van der Waals surface area contributed by atoms with Gasteiger partial charge in [-0.15, -0.1) is 0 Å². The zero-order chi connectivity index (χ0) is 16.8. The van der Waals surface area contributed by atoms with Crippen molar-refractivity contribution in [1.29, 1.82) is 0 Å². The lowest BCUT2D eigenvalue weighted by molar-refractivity contribution is 0.573. The van der Waals surface area contributed by atoms with Crippen molar-refractivity contribution in [1.82, 2.24) is 9.97 Å². The molecule has 1 aromatic heterocycles. The Labute approximate surface area is 145 Å². The smallest absolute Gasteiger partial charge is 0.163 e. The van der Waals surface area contributed by atoms with Crippen LogP contribution in [-0.2, 0) is 0 Å². The van der Waals surface area contributed by atoms with Crippen molar-refractivity contribution >= 4 is 11.6 Å². The molecular formula is C20H28N4. The van der Waals surface area contributed by atoms with Crippen LogP contribution in [-0.4, -0.2) is 36.6 Å². The monoisotopic (exact) mass is 324 g/mol. The minimum Gasteiger partial charge on any atom is -0.359 e. The van der Waals surface area contributed by atoms with E-state index in [0.717, 1.165) is 42.7 Å². The van der Waals surface area contributed by atoms with E-state index in [4.69, 9.17) is 9.97 Å². The fourth-order valence-electron chi connectivity index (χ4n) is 3.13. The maximum absolute atomic E-state index is 4.88. The maximum atomic E-state index is 4.88. The predicted octanol–water partition coefficient (Wildman–Crippen LogP) is 4.37. The Kier molecular flexibility index (Phi) is 5.68. The Hall–Kier alpha value is -2.10. The van der Waals surface area contributed by atoms with Gasteiger partial charge in [0, 0.05) is 38.3 Å². The molecule has 1 saturated heterocycles. The van der Waals surface area contributed by atoms with Gasteiger partial charge in [-0.25, -0.2) is 9.97 Å². The van der Waals surface area contributed by atoms with Gasteiger partial charge in [-0.2, -0.15) is 0 Å². The van der Waals surface area contributed by atoms with Crippen LogP contribution in [0.2, 0.25) is 0 Å². The minimum absolute atomic E-state index is 0.831. The quantitative estimate of drug-likeness (QED) is 0.790. The summed E-state index contributed by atoms with van der Waals surface area (Å²) in [4.78, 5) is 14.4. The molecule has 0 spiro atoms. The van der Waals surface area contributed by atoms with Gasteiger partial charge in [-0.3, -0.25) is 0 Å². The number of nitrogens with zero attached hydrogens (tertiary/aromatic N) is 4. The number of anilines is 2. The Balaban J connectivity index is 1.95. The third-order valence-electron chi connectivity index (χ3n) is 4.65. The summed E-state index contributed by atoms with van der Waals surface area (Å²) in [6.07, 6.45) is 6.22. The lowest BCUT2D eigenvalue weighted by Gasteiger charge is -2.29. The Morgan fingerprint density at radius 2 is 1.79 bits per heavy atom. The highest BCUT2D eigenvalue weighted by Gasteiger charge is 2.16. The van der Waals surface area contributed by atoms with E-state index in [1.54, 1.807) is 0 Å². The third-order valence-corrected chi connectivity index (χ3v) is 4.65. The molecule has 4 heteroatoms. The summed E-state index contributed by atoms with van der Waals surface area (Å²) in [5.41, 5.74) is 1.08. The fraction of sp³-hybridized carbons (Fsp3) is 0.500. The Morgan fingerprint density at radius 3 is 2.50 bits per heavy atom. The molecule has 1 fully saturated rings. The van der Waals surface area contributed by atoms with Gasteiger partial charge in [0.25, 0.3) is 0 Å². The van der Waals surface area contributed by atoms with Gasteiger partial charge in [0.2, 0.25) is 0 Å². The van der Waals surface area contributed by atoms with Crippen LogP contribution in [0.5, 0.6) is 0 Å². The van der Waals surface area contributed by atoms with Gasteiger partial charge >= 0.3 is 0 Å². The van der Waals surface area contributed by atoms with Crippen LogP contribution in [0.25, 0.3) is 11.4 Å². The van der Waals surface area contributed by atoms with Crippen LogP contribution in [0.15, 0.2) is 36.4 Å². The number of aromatic nitrogens is 2. The normalized spacial score (nSPS) is 14.7. The molecule has 24 heavy (non-hydrogen) atoms. The van der Waals surface area contributed by atoms with Crippen molar-refractivity contribution < 1.29 is 0 Å². The van der Waals surface area contributed by atoms with E-state index >= 15 is 0 Å². The zero-order valence-corrected chi connectivity index (χ0v) is 14.9.